The van der Waals surface area contributed by atoms with E-state index in [1.54, 1.807) is 12.1 Å². The van der Waals surface area contributed by atoms with Gasteiger partial charge in [0.2, 0.25) is 0 Å². The Hall–Kier alpha value is -0.470. The molecular weight excluding hydrogens is 467 g/mol. The molecule has 3 N–H and O–H groups in total. The number of nitrogens with two attached hydrogens (primary N) is 1. The normalized spacial score (nSPS) is 11.4. The fourth-order valence-electron chi connectivity index (χ4n) is 1.56. The highest BCUT2D eigenvalue weighted by atomic mass is 79.9. The molecule has 0 saturated carbocycles. The minimum Gasteiger partial charge on any atom is -0.399 e. The quantitative estimate of drug-likeness (QED) is 0.621. The van der Waals surface area contributed by atoms with Gasteiger partial charge in [0, 0.05) is 14.6 Å². The van der Waals surface area contributed by atoms with Crippen LogP contribution in [0.3, 0.4) is 0 Å². The Balaban J connectivity index is 2.47. The summed E-state index contributed by atoms with van der Waals surface area (Å²) in [5.41, 5.74) is 6.16. The molecular formula is C12H8Br2Cl2N2O2S. The number of nitrogens with one attached hydrogen (secondary N) is 1. The number of halogens is 4. The van der Waals surface area contributed by atoms with Crippen LogP contribution in [0.25, 0.3) is 0 Å². The maximum atomic E-state index is 12.4. The standard InChI is InChI=1S/C12H8Br2Cl2N2O2S/c13-6-3-9(15)12(10(16)4-6)18-21(19,20)11-2-1-7(17)5-8(11)14/h1-5,18H,17H2. The van der Waals surface area contributed by atoms with Gasteiger partial charge in [0.15, 0.2) is 0 Å². The summed E-state index contributed by atoms with van der Waals surface area (Å²) in [6.45, 7) is 0. The van der Waals surface area contributed by atoms with E-state index < -0.39 is 10.0 Å². The third-order valence-electron chi connectivity index (χ3n) is 2.49. The number of nitrogen functional groups attached to an aromatic ring is 1. The van der Waals surface area contributed by atoms with Gasteiger partial charge in [0.25, 0.3) is 10.0 Å². The van der Waals surface area contributed by atoms with Crippen LogP contribution in [0.1, 0.15) is 0 Å². The zero-order valence-electron chi connectivity index (χ0n) is 10.2. The summed E-state index contributed by atoms with van der Waals surface area (Å²) < 4.78 is 28.2. The molecule has 0 spiro atoms. The van der Waals surface area contributed by atoms with Crippen LogP contribution >= 0.6 is 55.1 Å². The van der Waals surface area contributed by atoms with Crippen LogP contribution in [-0.4, -0.2) is 8.42 Å². The summed E-state index contributed by atoms with van der Waals surface area (Å²) in [6, 6.07) is 7.47. The maximum Gasteiger partial charge on any atom is 0.263 e. The Morgan fingerprint density at radius 1 is 1.05 bits per heavy atom. The SMILES string of the molecule is Nc1ccc(S(=O)(=O)Nc2c(Cl)cc(Br)cc2Cl)c(Br)c1. The summed E-state index contributed by atoms with van der Waals surface area (Å²) >= 11 is 18.4. The Morgan fingerprint density at radius 3 is 2.14 bits per heavy atom. The van der Waals surface area contributed by atoms with E-state index in [9.17, 15) is 8.42 Å². The van der Waals surface area contributed by atoms with Crippen molar-refractivity contribution in [3.63, 3.8) is 0 Å². The van der Waals surface area contributed by atoms with Crippen molar-refractivity contribution in [3.05, 3.63) is 49.3 Å². The predicted molar refractivity (Wildman–Crippen MR) is 93.5 cm³/mol. The molecule has 9 heteroatoms. The first-order valence-corrected chi connectivity index (χ1v) is 9.25. The lowest BCUT2D eigenvalue weighted by molar-refractivity contribution is 0.601. The molecule has 0 aromatic heterocycles. The van der Waals surface area contributed by atoms with Gasteiger partial charge in [-0.3, -0.25) is 4.72 Å². The van der Waals surface area contributed by atoms with E-state index >= 15 is 0 Å². The summed E-state index contributed by atoms with van der Waals surface area (Å²) in [5, 5.41) is 0.369. The number of benzene rings is 2. The van der Waals surface area contributed by atoms with Crippen molar-refractivity contribution in [2.75, 3.05) is 10.5 Å². The van der Waals surface area contributed by atoms with Crippen LogP contribution < -0.4 is 10.5 Å². The van der Waals surface area contributed by atoms with E-state index in [4.69, 9.17) is 28.9 Å². The van der Waals surface area contributed by atoms with Crippen molar-refractivity contribution >= 4 is 76.5 Å². The van der Waals surface area contributed by atoms with Crippen molar-refractivity contribution in [1.82, 2.24) is 0 Å². The molecule has 2 aromatic rings. The monoisotopic (exact) mass is 472 g/mol. The van der Waals surface area contributed by atoms with Crippen LogP contribution in [0.2, 0.25) is 10.0 Å². The van der Waals surface area contributed by atoms with Gasteiger partial charge in [-0.2, -0.15) is 0 Å². The molecule has 0 fully saturated rings. The topological polar surface area (TPSA) is 72.2 Å². The van der Waals surface area contributed by atoms with Gasteiger partial charge < -0.3 is 5.73 Å². The van der Waals surface area contributed by atoms with E-state index in [0.29, 0.717) is 14.6 Å². The highest BCUT2D eigenvalue weighted by Crippen LogP contribution is 2.36. The number of sulfonamides is 1. The molecule has 0 saturated heterocycles. The van der Waals surface area contributed by atoms with Crippen molar-refractivity contribution in [1.29, 1.82) is 0 Å². The average Bonchev–Trinajstić information content (AvgIpc) is 2.33. The summed E-state index contributed by atoms with van der Waals surface area (Å²) in [4.78, 5) is 0.0340. The van der Waals surface area contributed by atoms with Crippen molar-refractivity contribution in [3.8, 4) is 0 Å². The van der Waals surface area contributed by atoms with E-state index in [1.807, 2.05) is 0 Å². The number of anilines is 2. The average molecular weight is 475 g/mol. The molecule has 0 aliphatic heterocycles. The van der Waals surface area contributed by atoms with Gasteiger partial charge in [-0.05, 0) is 46.3 Å². The highest BCUT2D eigenvalue weighted by molar-refractivity contribution is 9.10. The van der Waals surface area contributed by atoms with Gasteiger partial charge in [-0.25, -0.2) is 8.42 Å². The highest BCUT2D eigenvalue weighted by Gasteiger charge is 2.21. The molecule has 0 atom stereocenters. The Labute approximate surface area is 148 Å². The predicted octanol–water partition coefficient (Wildman–Crippen LogP) is 4.90. The Bertz CT molecular complexity index is 790. The second kappa shape index (κ2) is 6.34. The molecule has 4 nitrogen and oxygen atoms in total. The minimum absolute atomic E-state index is 0.0340. The lowest BCUT2D eigenvalue weighted by Gasteiger charge is -2.13. The summed E-state index contributed by atoms with van der Waals surface area (Å²) in [7, 11) is -3.86. The van der Waals surface area contributed by atoms with E-state index in [2.05, 4.69) is 36.6 Å². The first-order chi connectivity index (χ1) is 9.70. The second-order valence-corrected chi connectivity index (χ2v) is 8.28. The van der Waals surface area contributed by atoms with Crippen molar-refractivity contribution in [2.45, 2.75) is 4.90 Å². The minimum atomic E-state index is -3.86. The van der Waals surface area contributed by atoms with Crippen LogP contribution in [0.5, 0.6) is 0 Å². The van der Waals surface area contributed by atoms with Crippen LogP contribution in [-0.2, 0) is 10.0 Å². The molecule has 0 amide bonds. The zero-order chi connectivity index (χ0) is 15.8. The first kappa shape index (κ1) is 16.9. The van der Waals surface area contributed by atoms with E-state index in [0.717, 1.165) is 0 Å². The number of hydrogen-bond donors (Lipinski definition) is 2. The molecule has 0 aliphatic carbocycles. The van der Waals surface area contributed by atoms with Gasteiger partial charge in [0.1, 0.15) is 4.90 Å². The van der Waals surface area contributed by atoms with E-state index in [-0.39, 0.29) is 20.6 Å². The van der Waals surface area contributed by atoms with Crippen LogP contribution in [0, 0.1) is 0 Å². The largest absolute Gasteiger partial charge is 0.399 e. The summed E-state index contributed by atoms with van der Waals surface area (Å²) in [5.74, 6) is 0. The Kier molecular flexibility index (Phi) is 5.10. The first-order valence-electron chi connectivity index (χ1n) is 5.43. The lowest BCUT2D eigenvalue weighted by atomic mass is 10.3. The van der Waals surface area contributed by atoms with Crippen molar-refractivity contribution in [2.24, 2.45) is 0 Å². The van der Waals surface area contributed by atoms with Gasteiger partial charge in [0.05, 0.1) is 15.7 Å². The van der Waals surface area contributed by atoms with Gasteiger partial charge >= 0.3 is 0 Å². The zero-order valence-corrected chi connectivity index (χ0v) is 15.7. The van der Waals surface area contributed by atoms with Crippen molar-refractivity contribution < 1.29 is 8.42 Å². The Morgan fingerprint density at radius 2 is 1.62 bits per heavy atom. The van der Waals surface area contributed by atoms with E-state index in [1.165, 1.54) is 18.2 Å². The van der Waals surface area contributed by atoms with Gasteiger partial charge in [-0.1, -0.05) is 39.1 Å². The molecule has 2 rings (SSSR count). The molecule has 21 heavy (non-hydrogen) atoms. The summed E-state index contributed by atoms with van der Waals surface area (Å²) in [6.07, 6.45) is 0. The molecule has 0 unspecified atom stereocenters. The maximum absolute atomic E-state index is 12.4. The third-order valence-corrected chi connectivity index (χ3v) is 5.87. The molecule has 112 valence electrons. The number of hydrogen-bond acceptors (Lipinski definition) is 3. The third kappa shape index (κ3) is 3.84. The number of rotatable bonds is 3. The van der Waals surface area contributed by atoms with Crippen LogP contribution in [0.4, 0.5) is 11.4 Å². The molecule has 2 aromatic carbocycles. The smallest absolute Gasteiger partial charge is 0.263 e. The van der Waals surface area contributed by atoms with Gasteiger partial charge in [-0.15, -0.1) is 0 Å². The molecule has 0 radical (unpaired) electrons. The second-order valence-electron chi connectivity index (χ2n) is 4.04. The molecule has 0 aliphatic rings. The fraction of sp³-hybridized carbons (Fsp3) is 0. The molecule has 0 heterocycles. The van der Waals surface area contributed by atoms with Crippen LogP contribution in [0.15, 0.2) is 44.2 Å². The fourth-order valence-corrected chi connectivity index (χ4v) is 5.18. The molecule has 0 bridgehead atoms. The lowest BCUT2D eigenvalue weighted by Crippen LogP contribution is -2.14.